The summed E-state index contributed by atoms with van der Waals surface area (Å²) in [6.45, 7) is 3.35. The number of benzene rings is 1. The summed E-state index contributed by atoms with van der Waals surface area (Å²) < 4.78 is 7.14. The van der Waals surface area contributed by atoms with Crippen LogP contribution in [0.3, 0.4) is 0 Å². The fourth-order valence-electron chi connectivity index (χ4n) is 1.51. The van der Waals surface area contributed by atoms with E-state index in [4.69, 9.17) is 16.3 Å². The van der Waals surface area contributed by atoms with Gasteiger partial charge < -0.3 is 0 Å². The summed E-state index contributed by atoms with van der Waals surface area (Å²) >= 11 is 5.38. The van der Waals surface area contributed by atoms with Crippen LogP contribution in [0.15, 0.2) is 29.3 Å². The zero-order valence-corrected chi connectivity index (χ0v) is 13.8. The van der Waals surface area contributed by atoms with Crippen LogP contribution < -0.4 is 4.36 Å². The number of rotatable bonds is 3. The van der Waals surface area contributed by atoms with Crippen LogP contribution >= 0.6 is 11.6 Å². The van der Waals surface area contributed by atoms with Crippen molar-refractivity contribution in [2.75, 3.05) is 6.61 Å². The molecule has 0 saturated carbocycles. The second kappa shape index (κ2) is 6.85. The van der Waals surface area contributed by atoms with Gasteiger partial charge in [-0.2, -0.15) is 0 Å². The number of carbonyl (C=O) groups excluding carboxylic acids is 2. The Morgan fingerprint density at radius 1 is 1.38 bits per heavy atom. The van der Waals surface area contributed by atoms with Crippen molar-refractivity contribution in [1.29, 1.82) is 0 Å². The molecule has 0 bridgehead atoms. The zero-order valence-electron chi connectivity index (χ0n) is 11.4. The fourth-order valence-corrected chi connectivity index (χ4v) is 3.41. The Bertz CT molecular complexity index is 734. The molecular formula is C13H12ClN3O3Se. The normalized spacial score (nSPS) is 11.5. The summed E-state index contributed by atoms with van der Waals surface area (Å²) in [5, 5.41) is 4.80. The first-order valence-electron chi connectivity index (χ1n) is 6.09. The van der Waals surface area contributed by atoms with Crippen LogP contribution in [0.5, 0.6) is 0 Å². The molecule has 0 aliphatic rings. The molecule has 1 amide bonds. The van der Waals surface area contributed by atoms with E-state index in [-0.39, 0.29) is 17.1 Å². The van der Waals surface area contributed by atoms with Crippen LogP contribution in [0.4, 0.5) is 0 Å². The molecule has 0 atom stereocenters. The van der Waals surface area contributed by atoms with Crippen LogP contribution in [0.1, 0.15) is 23.2 Å². The van der Waals surface area contributed by atoms with Crippen molar-refractivity contribution in [3.8, 4) is 5.69 Å². The second-order valence-corrected chi connectivity index (χ2v) is 6.37. The van der Waals surface area contributed by atoms with Gasteiger partial charge in [-0.3, -0.25) is 0 Å². The standard InChI is InChI=1S/C13H12ClN3O3Se/c1-3-20-12(19)11-16-17(13(21-11)15-8(2)18)10-6-4-9(14)5-7-10/h4-7H,3H2,1-2H3. The van der Waals surface area contributed by atoms with Crippen molar-refractivity contribution >= 4 is 38.0 Å². The van der Waals surface area contributed by atoms with Gasteiger partial charge in [-0.1, -0.05) is 0 Å². The third-order valence-electron chi connectivity index (χ3n) is 2.33. The summed E-state index contributed by atoms with van der Waals surface area (Å²) in [6, 6.07) is 6.89. The van der Waals surface area contributed by atoms with Crippen molar-refractivity contribution < 1.29 is 14.3 Å². The van der Waals surface area contributed by atoms with E-state index in [1.807, 2.05) is 0 Å². The number of hydrogen-bond acceptors (Lipinski definition) is 4. The molecule has 8 heteroatoms. The minimum absolute atomic E-state index is 0.272. The SMILES string of the molecule is CCOC(=O)c1nn(-c2ccc(Cl)cc2)c(=NC(C)=O)[se]1. The van der Waals surface area contributed by atoms with Gasteiger partial charge in [0.1, 0.15) is 0 Å². The molecule has 21 heavy (non-hydrogen) atoms. The van der Waals surface area contributed by atoms with Crippen LogP contribution in [-0.4, -0.2) is 42.8 Å². The van der Waals surface area contributed by atoms with Gasteiger partial charge in [0, 0.05) is 0 Å². The Hall–Kier alpha value is -1.69. The van der Waals surface area contributed by atoms with Gasteiger partial charge in [-0.25, -0.2) is 0 Å². The van der Waals surface area contributed by atoms with E-state index in [1.54, 1.807) is 31.2 Å². The number of ether oxygens (including phenoxy) is 1. The van der Waals surface area contributed by atoms with E-state index in [1.165, 1.54) is 11.6 Å². The number of carbonyl (C=O) groups is 2. The van der Waals surface area contributed by atoms with E-state index in [0.29, 0.717) is 15.1 Å². The first kappa shape index (κ1) is 15.7. The van der Waals surface area contributed by atoms with Crippen LogP contribution in [0.25, 0.3) is 5.69 Å². The van der Waals surface area contributed by atoms with E-state index in [9.17, 15) is 9.59 Å². The molecular weight excluding hydrogens is 361 g/mol. The first-order valence-corrected chi connectivity index (χ1v) is 8.19. The monoisotopic (exact) mass is 373 g/mol. The Kier molecular flexibility index (Phi) is 5.12. The van der Waals surface area contributed by atoms with Crippen LogP contribution in [-0.2, 0) is 9.53 Å². The topological polar surface area (TPSA) is 73.5 Å². The molecule has 2 rings (SSSR count). The molecule has 6 nitrogen and oxygen atoms in total. The summed E-state index contributed by atoms with van der Waals surface area (Å²) in [4.78, 5) is 26.9. The summed E-state index contributed by atoms with van der Waals surface area (Å²) in [5.41, 5.74) is 0.681. The van der Waals surface area contributed by atoms with Gasteiger partial charge in [0.15, 0.2) is 0 Å². The third kappa shape index (κ3) is 3.91. The van der Waals surface area contributed by atoms with Crippen LogP contribution in [0.2, 0.25) is 5.02 Å². The summed E-state index contributed by atoms with van der Waals surface area (Å²) in [5.74, 6) is -0.823. The van der Waals surface area contributed by atoms with Crippen molar-refractivity contribution in [3.05, 3.63) is 38.2 Å². The maximum atomic E-state index is 11.8. The summed E-state index contributed by atoms with van der Waals surface area (Å²) in [6.07, 6.45) is 0. The number of halogens is 1. The molecule has 0 saturated heterocycles. The Morgan fingerprint density at radius 3 is 2.62 bits per heavy atom. The predicted molar refractivity (Wildman–Crippen MR) is 77.7 cm³/mol. The Labute approximate surface area is 131 Å². The molecule has 1 aromatic heterocycles. The van der Waals surface area contributed by atoms with Crippen LogP contribution in [0, 0.1) is 0 Å². The van der Waals surface area contributed by atoms with E-state index < -0.39 is 20.5 Å². The quantitative estimate of drug-likeness (QED) is 0.599. The Balaban J connectivity index is 2.55. The van der Waals surface area contributed by atoms with Crippen molar-refractivity contribution in [3.63, 3.8) is 0 Å². The minimum atomic E-state index is -0.481. The third-order valence-corrected chi connectivity index (χ3v) is 4.45. The van der Waals surface area contributed by atoms with Gasteiger partial charge in [-0.05, 0) is 0 Å². The molecule has 1 heterocycles. The van der Waals surface area contributed by atoms with Crippen molar-refractivity contribution in [2.45, 2.75) is 13.8 Å². The van der Waals surface area contributed by atoms with Crippen molar-refractivity contribution in [2.24, 2.45) is 4.99 Å². The average Bonchev–Trinajstić information content (AvgIpc) is 2.83. The van der Waals surface area contributed by atoms with Gasteiger partial charge in [0.2, 0.25) is 0 Å². The Morgan fingerprint density at radius 2 is 2.05 bits per heavy atom. The molecule has 0 radical (unpaired) electrons. The first-order chi connectivity index (χ1) is 10.0. The van der Waals surface area contributed by atoms with Gasteiger partial charge in [0.05, 0.1) is 0 Å². The molecule has 0 spiro atoms. The predicted octanol–water partition coefficient (Wildman–Crippen LogP) is 1.21. The molecule has 2 aromatic rings. The molecule has 0 unspecified atom stereocenters. The van der Waals surface area contributed by atoms with Gasteiger partial charge >= 0.3 is 131 Å². The fraction of sp³-hybridized carbons (Fsp3) is 0.231. The van der Waals surface area contributed by atoms with Gasteiger partial charge in [0.25, 0.3) is 0 Å². The van der Waals surface area contributed by atoms with E-state index in [0.717, 1.165) is 0 Å². The van der Waals surface area contributed by atoms with E-state index in [2.05, 4.69) is 10.1 Å². The number of aromatic nitrogens is 2. The molecule has 0 aliphatic carbocycles. The maximum absolute atomic E-state index is 11.8. The summed E-state index contributed by atoms with van der Waals surface area (Å²) in [7, 11) is 0. The van der Waals surface area contributed by atoms with Crippen molar-refractivity contribution in [1.82, 2.24) is 9.78 Å². The van der Waals surface area contributed by atoms with Gasteiger partial charge in [-0.15, -0.1) is 0 Å². The molecule has 0 fully saturated rings. The zero-order chi connectivity index (χ0) is 15.4. The van der Waals surface area contributed by atoms with E-state index >= 15 is 0 Å². The number of hydrogen-bond donors (Lipinski definition) is 0. The molecule has 0 aliphatic heterocycles. The number of esters is 1. The number of amides is 1. The molecule has 1 aromatic carbocycles. The molecule has 110 valence electrons. The average molecular weight is 373 g/mol. The number of nitrogens with zero attached hydrogens (tertiary/aromatic N) is 3. The molecule has 0 N–H and O–H groups in total. The second-order valence-electron chi connectivity index (χ2n) is 3.93.